The Labute approximate surface area is 173 Å². The number of esters is 1. The predicted molar refractivity (Wildman–Crippen MR) is 106 cm³/mol. The number of allylic oxidation sites excluding steroid dienone is 2. The zero-order valence-corrected chi connectivity index (χ0v) is 16.7. The minimum Gasteiger partial charge on any atom is -0.451 e. The maximum Gasteiger partial charge on any atom is 0.329 e. The molecule has 1 fully saturated rings. The van der Waals surface area contributed by atoms with E-state index >= 15 is 0 Å². The van der Waals surface area contributed by atoms with Crippen LogP contribution < -0.4 is 11.1 Å². The van der Waals surface area contributed by atoms with Gasteiger partial charge in [-0.1, -0.05) is 12.2 Å². The van der Waals surface area contributed by atoms with Crippen LogP contribution in [0.5, 0.6) is 0 Å². The zero-order chi connectivity index (χ0) is 22.0. The van der Waals surface area contributed by atoms with Crippen molar-refractivity contribution >= 4 is 35.3 Å². The van der Waals surface area contributed by atoms with Gasteiger partial charge in [-0.3, -0.25) is 24.1 Å². The van der Waals surface area contributed by atoms with Crippen LogP contribution in [0.4, 0.5) is 5.69 Å². The second kappa shape index (κ2) is 8.48. The Balaban J connectivity index is 1.59. The number of carbonyl (C=O) groups is 5. The average Bonchev–Trinajstić information content (AvgIpc) is 2.98. The molecule has 30 heavy (non-hydrogen) atoms. The molecule has 0 radical (unpaired) electrons. The quantitative estimate of drug-likeness (QED) is 0.406. The number of primary amides is 1. The fourth-order valence-electron chi connectivity index (χ4n) is 3.60. The number of nitrogens with two attached hydrogens (primary N) is 1. The van der Waals surface area contributed by atoms with E-state index in [-0.39, 0.29) is 17.4 Å². The third-order valence-electron chi connectivity index (χ3n) is 5.37. The van der Waals surface area contributed by atoms with Crippen LogP contribution in [0.3, 0.4) is 0 Å². The summed E-state index contributed by atoms with van der Waals surface area (Å²) in [4.78, 5) is 62.0. The summed E-state index contributed by atoms with van der Waals surface area (Å²) in [5, 5.41) is 2.56. The minimum absolute atomic E-state index is 0.289. The number of nitrogens with one attached hydrogen (secondary N) is 1. The van der Waals surface area contributed by atoms with Crippen LogP contribution in [0.1, 0.15) is 37.0 Å². The maximum absolute atomic E-state index is 12.6. The van der Waals surface area contributed by atoms with Crippen molar-refractivity contribution in [2.24, 2.45) is 17.6 Å². The largest absolute Gasteiger partial charge is 0.451 e. The van der Waals surface area contributed by atoms with Gasteiger partial charge < -0.3 is 15.8 Å². The third-order valence-corrected chi connectivity index (χ3v) is 5.37. The SMILES string of the molecule is C[C@H](OC(=O)[C@H](C)N1C(=O)[C@H]2CC=CC[C@@H]2C1=O)C(=O)Nc1ccc(C(N)=O)cc1. The predicted octanol–water partition coefficient (Wildman–Crippen LogP) is 0.995. The van der Waals surface area contributed by atoms with Crippen LogP contribution in [0.25, 0.3) is 0 Å². The average molecular weight is 413 g/mol. The van der Waals surface area contributed by atoms with Gasteiger partial charge in [0, 0.05) is 11.3 Å². The van der Waals surface area contributed by atoms with Gasteiger partial charge in [0.05, 0.1) is 11.8 Å². The molecule has 1 aromatic rings. The summed E-state index contributed by atoms with van der Waals surface area (Å²) >= 11 is 0. The molecule has 1 saturated heterocycles. The molecule has 2 aliphatic rings. The molecule has 9 nitrogen and oxygen atoms in total. The molecule has 3 N–H and O–H groups in total. The Hall–Kier alpha value is -3.49. The van der Waals surface area contributed by atoms with Crippen molar-refractivity contribution in [1.29, 1.82) is 0 Å². The van der Waals surface area contributed by atoms with Crippen molar-refractivity contribution in [3.05, 3.63) is 42.0 Å². The molecule has 0 spiro atoms. The molecular formula is C21H23N3O6. The Bertz CT molecular complexity index is 897. The molecule has 4 atom stereocenters. The first-order valence-corrected chi connectivity index (χ1v) is 9.63. The summed E-state index contributed by atoms with van der Waals surface area (Å²) in [6, 6.07) is 4.77. The monoisotopic (exact) mass is 413 g/mol. The number of carbonyl (C=O) groups excluding carboxylic acids is 5. The molecule has 0 bridgehead atoms. The highest BCUT2D eigenvalue weighted by Gasteiger charge is 2.50. The number of anilines is 1. The molecule has 4 amide bonds. The summed E-state index contributed by atoms with van der Waals surface area (Å²) in [7, 11) is 0. The molecule has 1 aliphatic heterocycles. The highest BCUT2D eigenvalue weighted by Crippen LogP contribution is 2.36. The number of hydrogen-bond donors (Lipinski definition) is 2. The van der Waals surface area contributed by atoms with Crippen molar-refractivity contribution in [2.45, 2.75) is 38.8 Å². The smallest absolute Gasteiger partial charge is 0.329 e. The van der Waals surface area contributed by atoms with Gasteiger partial charge in [-0.05, 0) is 51.0 Å². The first kappa shape index (κ1) is 21.2. The number of rotatable bonds is 6. The number of amides is 4. The Morgan fingerprint density at radius 2 is 1.57 bits per heavy atom. The highest BCUT2D eigenvalue weighted by atomic mass is 16.5. The lowest BCUT2D eigenvalue weighted by atomic mass is 9.85. The van der Waals surface area contributed by atoms with Crippen molar-refractivity contribution < 1.29 is 28.7 Å². The summed E-state index contributed by atoms with van der Waals surface area (Å²) in [5.74, 6) is -3.68. The number of nitrogens with zero attached hydrogens (tertiary/aromatic N) is 1. The summed E-state index contributed by atoms with van der Waals surface area (Å²) in [6.45, 7) is 2.80. The first-order chi connectivity index (χ1) is 14.2. The molecule has 3 rings (SSSR count). The van der Waals surface area contributed by atoms with Gasteiger partial charge in [-0.15, -0.1) is 0 Å². The third kappa shape index (κ3) is 4.10. The Morgan fingerprint density at radius 3 is 2.07 bits per heavy atom. The fourth-order valence-corrected chi connectivity index (χ4v) is 3.60. The van der Waals surface area contributed by atoms with E-state index in [9.17, 15) is 24.0 Å². The number of ether oxygens (including phenoxy) is 1. The highest BCUT2D eigenvalue weighted by molar-refractivity contribution is 6.08. The van der Waals surface area contributed by atoms with E-state index in [1.54, 1.807) is 0 Å². The van der Waals surface area contributed by atoms with E-state index in [4.69, 9.17) is 10.5 Å². The number of likely N-dealkylation sites (tertiary alicyclic amines) is 1. The molecule has 0 unspecified atom stereocenters. The van der Waals surface area contributed by atoms with Gasteiger partial charge in [0.2, 0.25) is 17.7 Å². The van der Waals surface area contributed by atoms with Crippen LogP contribution in [0, 0.1) is 11.8 Å². The van der Waals surface area contributed by atoms with E-state index < -0.39 is 41.8 Å². The Kier molecular flexibility index (Phi) is 6.00. The molecule has 9 heteroatoms. The van der Waals surface area contributed by atoms with Crippen molar-refractivity contribution in [3.63, 3.8) is 0 Å². The summed E-state index contributed by atoms with van der Waals surface area (Å²) < 4.78 is 5.18. The molecule has 1 aliphatic carbocycles. The second-order valence-corrected chi connectivity index (χ2v) is 7.39. The van der Waals surface area contributed by atoms with Gasteiger partial charge in [0.1, 0.15) is 6.04 Å². The van der Waals surface area contributed by atoms with Crippen molar-refractivity contribution in [1.82, 2.24) is 4.90 Å². The fraction of sp³-hybridized carbons (Fsp3) is 0.381. The lowest BCUT2D eigenvalue weighted by Crippen LogP contribution is -2.46. The molecule has 1 aromatic carbocycles. The molecule has 0 saturated carbocycles. The number of fused-ring (bicyclic) bond motifs is 1. The number of hydrogen-bond acceptors (Lipinski definition) is 6. The van der Waals surface area contributed by atoms with E-state index in [2.05, 4.69) is 5.32 Å². The summed E-state index contributed by atoms with van der Waals surface area (Å²) in [6.07, 6.45) is 3.51. The zero-order valence-electron chi connectivity index (χ0n) is 16.7. The minimum atomic E-state index is -1.16. The van der Waals surface area contributed by atoms with E-state index in [1.165, 1.54) is 38.1 Å². The van der Waals surface area contributed by atoms with E-state index in [0.29, 0.717) is 18.5 Å². The number of imide groups is 1. The Morgan fingerprint density at radius 1 is 1.03 bits per heavy atom. The van der Waals surface area contributed by atoms with Crippen LogP contribution in [-0.2, 0) is 23.9 Å². The van der Waals surface area contributed by atoms with Crippen molar-refractivity contribution in [2.75, 3.05) is 5.32 Å². The lowest BCUT2D eigenvalue weighted by Gasteiger charge is -2.23. The van der Waals surface area contributed by atoms with Crippen LogP contribution in [-0.4, -0.2) is 46.6 Å². The molecule has 1 heterocycles. The first-order valence-electron chi connectivity index (χ1n) is 9.63. The van der Waals surface area contributed by atoms with Gasteiger partial charge in [-0.2, -0.15) is 0 Å². The van der Waals surface area contributed by atoms with E-state index in [1.807, 2.05) is 12.2 Å². The van der Waals surface area contributed by atoms with Crippen LogP contribution >= 0.6 is 0 Å². The van der Waals surface area contributed by atoms with Crippen molar-refractivity contribution in [3.8, 4) is 0 Å². The van der Waals surface area contributed by atoms with Gasteiger partial charge >= 0.3 is 5.97 Å². The summed E-state index contributed by atoms with van der Waals surface area (Å²) in [5.41, 5.74) is 5.85. The molecule has 0 aromatic heterocycles. The normalized spacial score (nSPS) is 22.3. The van der Waals surface area contributed by atoms with Gasteiger partial charge in [0.25, 0.3) is 5.91 Å². The van der Waals surface area contributed by atoms with Gasteiger partial charge in [0.15, 0.2) is 6.10 Å². The van der Waals surface area contributed by atoms with Crippen LogP contribution in [0.2, 0.25) is 0 Å². The molecule has 158 valence electrons. The van der Waals surface area contributed by atoms with Crippen LogP contribution in [0.15, 0.2) is 36.4 Å². The lowest BCUT2D eigenvalue weighted by molar-refractivity contribution is -0.163. The van der Waals surface area contributed by atoms with E-state index in [0.717, 1.165) is 4.90 Å². The molecular weight excluding hydrogens is 390 g/mol. The van der Waals surface area contributed by atoms with Gasteiger partial charge in [-0.25, -0.2) is 4.79 Å². The number of benzene rings is 1. The maximum atomic E-state index is 12.6. The topological polar surface area (TPSA) is 136 Å². The standard InChI is InChI=1S/C21H23N3O6/c1-11(24-19(27)15-5-3-4-6-16(15)20(24)28)21(29)30-12(2)18(26)23-14-9-7-13(8-10-14)17(22)25/h3-4,7-12,15-16H,5-6H2,1-2H3,(H2,22,25)(H,23,26)/t11-,12-,15-,16-/m0/s1. The second-order valence-electron chi connectivity index (χ2n) is 7.39.